The van der Waals surface area contributed by atoms with Gasteiger partial charge in [0.1, 0.15) is 6.54 Å². The number of carbonyl (C=O) groups is 1. The van der Waals surface area contributed by atoms with Crippen LogP contribution >= 0.6 is 0 Å². The van der Waals surface area contributed by atoms with Gasteiger partial charge in [-0.2, -0.15) is 13.2 Å². The molecule has 0 radical (unpaired) electrons. The van der Waals surface area contributed by atoms with Gasteiger partial charge in [-0.1, -0.05) is 0 Å². The summed E-state index contributed by atoms with van der Waals surface area (Å²) >= 11 is 0. The molecular weight excluding hydrogens is 225 g/mol. The molecule has 7 heteroatoms. The minimum absolute atomic E-state index is 0.0954. The minimum atomic E-state index is -4.40. The second kappa shape index (κ2) is 5.49. The average molecular weight is 240 g/mol. The van der Waals surface area contributed by atoms with Crippen LogP contribution in [0.1, 0.15) is 12.8 Å². The van der Waals surface area contributed by atoms with Crippen LogP contribution in [0.25, 0.3) is 0 Å². The first-order valence-electron chi connectivity index (χ1n) is 5.08. The van der Waals surface area contributed by atoms with Crippen LogP contribution in [0.15, 0.2) is 0 Å². The van der Waals surface area contributed by atoms with E-state index in [0.29, 0.717) is 26.1 Å². The summed E-state index contributed by atoms with van der Waals surface area (Å²) in [4.78, 5) is 11.3. The van der Waals surface area contributed by atoms with Crippen molar-refractivity contribution in [3.8, 4) is 0 Å². The van der Waals surface area contributed by atoms with E-state index in [4.69, 9.17) is 10.5 Å². The van der Waals surface area contributed by atoms with Gasteiger partial charge in [-0.3, -0.25) is 4.79 Å². The van der Waals surface area contributed by atoms with E-state index >= 15 is 0 Å². The van der Waals surface area contributed by atoms with E-state index in [2.05, 4.69) is 0 Å². The Morgan fingerprint density at radius 1 is 1.44 bits per heavy atom. The monoisotopic (exact) mass is 240 g/mol. The van der Waals surface area contributed by atoms with Crippen molar-refractivity contribution in [3.63, 3.8) is 0 Å². The van der Waals surface area contributed by atoms with E-state index in [1.807, 2.05) is 0 Å². The first-order valence-corrected chi connectivity index (χ1v) is 5.08. The van der Waals surface area contributed by atoms with Crippen LogP contribution in [0.2, 0.25) is 0 Å². The second-order valence-electron chi connectivity index (χ2n) is 3.81. The van der Waals surface area contributed by atoms with E-state index in [-0.39, 0.29) is 5.92 Å². The van der Waals surface area contributed by atoms with E-state index < -0.39 is 24.7 Å². The predicted molar refractivity (Wildman–Crippen MR) is 50.6 cm³/mol. The van der Waals surface area contributed by atoms with E-state index in [1.54, 1.807) is 5.32 Å². The van der Waals surface area contributed by atoms with Gasteiger partial charge in [0, 0.05) is 13.2 Å². The summed E-state index contributed by atoms with van der Waals surface area (Å²) in [5, 5.41) is 1.79. The van der Waals surface area contributed by atoms with Gasteiger partial charge in [0.2, 0.25) is 5.91 Å². The average Bonchev–Trinajstić information content (AvgIpc) is 2.25. The number of ether oxygens (including phenoxy) is 1. The number of nitrogens with two attached hydrogens (primary N) is 1. The largest absolute Gasteiger partial charge is 0.405 e. The van der Waals surface area contributed by atoms with Crippen molar-refractivity contribution in [3.05, 3.63) is 0 Å². The van der Waals surface area contributed by atoms with Crippen LogP contribution in [0.5, 0.6) is 0 Å². The number of alkyl halides is 3. The summed E-state index contributed by atoms with van der Waals surface area (Å²) in [6.45, 7) is -0.321. The molecule has 0 saturated carbocycles. The fraction of sp³-hybridized carbons (Fsp3) is 0.889. The summed E-state index contributed by atoms with van der Waals surface area (Å²) in [6, 6.07) is -0.883. The highest BCUT2D eigenvalue weighted by Gasteiger charge is 2.31. The number of nitrogens with one attached hydrogen (secondary N) is 1. The number of rotatable bonds is 3. The summed E-state index contributed by atoms with van der Waals surface area (Å²) in [7, 11) is 0. The molecule has 0 spiro atoms. The SMILES string of the molecule is NC(C(=O)NCC(F)(F)F)C1CCOCC1. The van der Waals surface area contributed by atoms with Gasteiger partial charge in [-0.15, -0.1) is 0 Å². The summed E-state index contributed by atoms with van der Waals surface area (Å²) < 4.78 is 40.6. The molecule has 1 aliphatic rings. The molecule has 0 aromatic rings. The predicted octanol–water partition coefficient (Wildman–Crippen LogP) is 0.419. The Balaban J connectivity index is 2.34. The Morgan fingerprint density at radius 2 is 2.00 bits per heavy atom. The summed E-state index contributed by atoms with van der Waals surface area (Å²) in [5.41, 5.74) is 5.59. The van der Waals surface area contributed by atoms with Gasteiger partial charge in [0.25, 0.3) is 0 Å². The standard InChI is InChI=1S/C9H15F3N2O2/c10-9(11,12)5-14-8(15)7(13)6-1-3-16-4-2-6/h6-7H,1-5,13H2,(H,14,15). The van der Waals surface area contributed by atoms with E-state index in [0.717, 1.165) is 0 Å². The highest BCUT2D eigenvalue weighted by molar-refractivity contribution is 5.81. The maximum Gasteiger partial charge on any atom is 0.405 e. The molecule has 0 aromatic heterocycles. The molecule has 4 nitrogen and oxygen atoms in total. The Morgan fingerprint density at radius 3 is 2.50 bits per heavy atom. The lowest BCUT2D eigenvalue weighted by atomic mass is 9.92. The summed E-state index contributed by atoms with van der Waals surface area (Å²) in [6.07, 6.45) is -3.17. The Labute approximate surface area is 91.3 Å². The molecule has 1 aliphatic heterocycles. The number of carbonyl (C=O) groups excluding carboxylic acids is 1. The zero-order valence-electron chi connectivity index (χ0n) is 8.72. The molecule has 0 bridgehead atoms. The first-order chi connectivity index (χ1) is 7.40. The molecule has 1 atom stereocenters. The van der Waals surface area contributed by atoms with Gasteiger partial charge in [-0.05, 0) is 18.8 Å². The molecule has 1 unspecified atom stereocenters. The first kappa shape index (κ1) is 13.2. The Hall–Kier alpha value is -0.820. The second-order valence-corrected chi connectivity index (χ2v) is 3.81. The maximum atomic E-state index is 11.8. The molecule has 3 N–H and O–H groups in total. The third-order valence-corrected chi connectivity index (χ3v) is 2.54. The van der Waals surface area contributed by atoms with Crippen LogP contribution in [-0.2, 0) is 9.53 Å². The van der Waals surface area contributed by atoms with Crippen LogP contribution in [0.3, 0.4) is 0 Å². The van der Waals surface area contributed by atoms with Gasteiger partial charge in [0.05, 0.1) is 6.04 Å². The van der Waals surface area contributed by atoms with Crippen molar-refractivity contribution in [2.45, 2.75) is 25.1 Å². The van der Waals surface area contributed by atoms with Crippen LogP contribution in [-0.4, -0.2) is 37.9 Å². The lowest BCUT2D eigenvalue weighted by molar-refractivity contribution is -0.140. The van der Waals surface area contributed by atoms with Crippen molar-refractivity contribution in [2.75, 3.05) is 19.8 Å². The van der Waals surface area contributed by atoms with Gasteiger partial charge in [-0.25, -0.2) is 0 Å². The Bertz CT molecular complexity index is 239. The summed E-state index contributed by atoms with van der Waals surface area (Å²) in [5.74, 6) is -0.841. The highest BCUT2D eigenvalue weighted by atomic mass is 19.4. The third kappa shape index (κ3) is 4.36. The topological polar surface area (TPSA) is 64.4 Å². The molecule has 0 aromatic carbocycles. The number of hydrogen-bond donors (Lipinski definition) is 2. The normalized spacial score (nSPS) is 20.5. The van der Waals surface area contributed by atoms with Crippen molar-refractivity contribution >= 4 is 5.91 Å². The highest BCUT2D eigenvalue weighted by Crippen LogP contribution is 2.18. The lowest BCUT2D eigenvalue weighted by Crippen LogP contribution is -2.49. The molecule has 0 aliphatic carbocycles. The molecule has 16 heavy (non-hydrogen) atoms. The maximum absolute atomic E-state index is 11.8. The van der Waals surface area contributed by atoms with Crippen molar-refractivity contribution in [2.24, 2.45) is 11.7 Å². The fourth-order valence-electron chi connectivity index (χ4n) is 1.59. The number of hydrogen-bond acceptors (Lipinski definition) is 3. The van der Waals surface area contributed by atoms with Crippen molar-refractivity contribution in [1.29, 1.82) is 0 Å². The third-order valence-electron chi connectivity index (χ3n) is 2.54. The van der Waals surface area contributed by atoms with Crippen molar-refractivity contribution < 1.29 is 22.7 Å². The zero-order valence-corrected chi connectivity index (χ0v) is 8.72. The van der Waals surface area contributed by atoms with E-state index in [9.17, 15) is 18.0 Å². The van der Waals surface area contributed by atoms with Gasteiger partial charge < -0.3 is 15.8 Å². The fourth-order valence-corrected chi connectivity index (χ4v) is 1.59. The molecule has 1 saturated heterocycles. The molecule has 1 amide bonds. The van der Waals surface area contributed by atoms with Gasteiger partial charge >= 0.3 is 6.18 Å². The molecule has 1 fully saturated rings. The molecule has 1 heterocycles. The quantitative estimate of drug-likeness (QED) is 0.751. The smallest absolute Gasteiger partial charge is 0.381 e. The van der Waals surface area contributed by atoms with Crippen molar-refractivity contribution in [1.82, 2.24) is 5.32 Å². The van der Waals surface area contributed by atoms with Crippen LogP contribution in [0.4, 0.5) is 13.2 Å². The molecule has 94 valence electrons. The Kier molecular flexibility index (Phi) is 4.55. The molecule has 1 rings (SSSR count). The van der Waals surface area contributed by atoms with Gasteiger partial charge in [0.15, 0.2) is 0 Å². The number of amides is 1. The lowest BCUT2D eigenvalue weighted by Gasteiger charge is -2.26. The molecular formula is C9H15F3N2O2. The van der Waals surface area contributed by atoms with Crippen LogP contribution < -0.4 is 11.1 Å². The van der Waals surface area contributed by atoms with Crippen LogP contribution in [0, 0.1) is 5.92 Å². The van der Waals surface area contributed by atoms with E-state index in [1.165, 1.54) is 0 Å². The minimum Gasteiger partial charge on any atom is -0.381 e. The number of halogens is 3. The zero-order chi connectivity index (χ0) is 12.2.